The predicted molar refractivity (Wildman–Crippen MR) is 69.3 cm³/mol. The van der Waals surface area contributed by atoms with E-state index in [9.17, 15) is 5.11 Å². The number of halogens is 1. The highest BCUT2D eigenvalue weighted by molar-refractivity contribution is 9.10. The molecule has 0 spiro atoms. The first kappa shape index (κ1) is 12.1. The highest BCUT2D eigenvalue weighted by atomic mass is 79.9. The first-order chi connectivity index (χ1) is 7.58. The molecule has 16 heavy (non-hydrogen) atoms. The predicted octanol–water partition coefficient (Wildman–Crippen LogP) is 2.87. The maximum atomic E-state index is 9.99. The fourth-order valence-electron chi connectivity index (χ4n) is 2.25. The Morgan fingerprint density at radius 2 is 1.88 bits per heavy atom. The van der Waals surface area contributed by atoms with Gasteiger partial charge in [0, 0.05) is 16.6 Å². The van der Waals surface area contributed by atoms with Crippen LogP contribution in [0.15, 0.2) is 28.7 Å². The molecule has 4 atom stereocenters. The summed E-state index contributed by atoms with van der Waals surface area (Å²) in [6.07, 6.45) is 0.595. The van der Waals surface area contributed by atoms with Crippen molar-refractivity contribution in [2.45, 2.75) is 38.5 Å². The second kappa shape index (κ2) is 4.86. The van der Waals surface area contributed by atoms with Gasteiger partial charge in [-0.2, -0.15) is 0 Å². The molecular formula is C13H18BrNO. The van der Waals surface area contributed by atoms with E-state index in [1.165, 1.54) is 5.56 Å². The van der Waals surface area contributed by atoms with Crippen LogP contribution >= 0.6 is 15.9 Å². The second-order valence-electron chi connectivity index (χ2n) is 4.72. The third-order valence-corrected chi connectivity index (χ3v) is 4.14. The van der Waals surface area contributed by atoms with E-state index in [4.69, 9.17) is 0 Å². The molecule has 2 rings (SSSR count). The Labute approximate surface area is 105 Å². The van der Waals surface area contributed by atoms with Gasteiger partial charge in [-0.3, -0.25) is 0 Å². The molecule has 1 aliphatic heterocycles. The topological polar surface area (TPSA) is 32.3 Å². The summed E-state index contributed by atoms with van der Waals surface area (Å²) in [7, 11) is 0. The number of aliphatic hydroxyl groups is 1. The van der Waals surface area contributed by atoms with E-state index in [-0.39, 0.29) is 12.1 Å². The van der Waals surface area contributed by atoms with E-state index in [0.717, 1.165) is 10.9 Å². The summed E-state index contributed by atoms with van der Waals surface area (Å²) < 4.78 is 1.09. The van der Waals surface area contributed by atoms with E-state index in [2.05, 4.69) is 47.2 Å². The fraction of sp³-hybridized carbons (Fsp3) is 0.538. The van der Waals surface area contributed by atoms with Crippen LogP contribution in [0.25, 0.3) is 0 Å². The van der Waals surface area contributed by atoms with Crippen LogP contribution in [-0.2, 0) is 0 Å². The van der Waals surface area contributed by atoms with Gasteiger partial charge in [-0.1, -0.05) is 35.0 Å². The van der Waals surface area contributed by atoms with Gasteiger partial charge in [-0.05, 0) is 37.0 Å². The number of piperidine rings is 1. The second-order valence-corrected chi connectivity index (χ2v) is 5.64. The van der Waals surface area contributed by atoms with Crippen molar-refractivity contribution in [2.75, 3.05) is 0 Å². The van der Waals surface area contributed by atoms with Crippen molar-refractivity contribution in [3.8, 4) is 0 Å². The normalized spacial score (nSPS) is 35.0. The Kier molecular flexibility index (Phi) is 3.67. The highest BCUT2D eigenvalue weighted by Gasteiger charge is 2.31. The smallest absolute Gasteiger partial charge is 0.0598 e. The molecule has 1 fully saturated rings. The van der Waals surface area contributed by atoms with Crippen LogP contribution in [0.4, 0.5) is 0 Å². The summed E-state index contributed by atoms with van der Waals surface area (Å²) in [6.45, 7) is 4.24. The van der Waals surface area contributed by atoms with Gasteiger partial charge in [-0.15, -0.1) is 0 Å². The minimum atomic E-state index is -0.204. The largest absolute Gasteiger partial charge is 0.393 e. The zero-order valence-corrected chi connectivity index (χ0v) is 11.2. The average molecular weight is 284 g/mol. The lowest BCUT2D eigenvalue weighted by molar-refractivity contribution is 0.0455. The molecule has 1 saturated heterocycles. The summed E-state index contributed by atoms with van der Waals surface area (Å²) in [6, 6.07) is 8.94. The first-order valence-corrected chi connectivity index (χ1v) is 6.57. The maximum absolute atomic E-state index is 9.99. The van der Waals surface area contributed by atoms with Crippen molar-refractivity contribution in [2.24, 2.45) is 5.92 Å². The maximum Gasteiger partial charge on any atom is 0.0598 e. The van der Waals surface area contributed by atoms with Crippen LogP contribution in [0.5, 0.6) is 0 Å². The Hall–Kier alpha value is -0.380. The minimum absolute atomic E-state index is 0.204. The van der Waals surface area contributed by atoms with E-state index in [1.807, 2.05) is 12.1 Å². The van der Waals surface area contributed by atoms with Crippen molar-refractivity contribution in [3.63, 3.8) is 0 Å². The van der Waals surface area contributed by atoms with Crippen LogP contribution < -0.4 is 5.32 Å². The molecule has 1 heterocycles. The van der Waals surface area contributed by atoms with Gasteiger partial charge in [-0.25, -0.2) is 0 Å². The van der Waals surface area contributed by atoms with E-state index < -0.39 is 0 Å². The molecule has 0 aromatic heterocycles. The third-order valence-electron chi connectivity index (χ3n) is 3.61. The van der Waals surface area contributed by atoms with Crippen LogP contribution in [0.2, 0.25) is 0 Å². The van der Waals surface area contributed by atoms with Crippen LogP contribution in [-0.4, -0.2) is 17.3 Å². The molecule has 2 nitrogen and oxygen atoms in total. The molecular weight excluding hydrogens is 266 g/mol. The Bertz CT molecular complexity index is 339. The molecule has 0 unspecified atom stereocenters. The van der Waals surface area contributed by atoms with Crippen molar-refractivity contribution >= 4 is 15.9 Å². The Balaban J connectivity index is 2.13. The summed E-state index contributed by atoms with van der Waals surface area (Å²) in [5.74, 6) is 0.326. The molecule has 1 aromatic carbocycles. The Morgan fingerprint density at radius 3 is 2.44 bits per heavy atom. The lowest BCUT2D eigenvalue weighted by Crippen LogP contribution is -2.47. The summed E-state index contributed by atoms with van der Waals surface area (Å²) in [4.78, 5) is 0. The molecule has 0 radical (unpaired) electrons. The average Bonchev–Trinajstić information content (AvgIpc) is 2.26. The standard InChI is InChI=1S/C13H18BrNO/c1-8-9(2)15-12(7-13(8)16)10-3-5-11(14)6-4-10/h3-6,8-9,12-13,15-16H,7H2,1-2H3/t8-,9-,12-,13-/m0/s1. The highest BCUT2D eigenvalue weighted by Crippen LogP contribution is 2.29. The molecule has 1 aliphatic rings. The third kappa shape index (κ3) is 2.47. The molecule has 88 valence electrons. The molecule has 0 bridgehead atoms. The van der Waals surface area contributed by atoms with Crippen molar-refractivity contribution in [1.29, 1.82) is 0 Å². The van der Waals surface area contributed by atoms with Crippen LogP contribution in [0.1, 0.15) is 31.9 Å². The number of aliphatic hydroxyl groups excluding tert-OH is 1. The minimum Gasteiger partial charge on any atom is -0.393 e. The van der Waals surface area contributed by atoms with Crippen LogP contribution in [0, 0.1) is 5.92 Å². The number of rotatable bonds is 1. The summed E-state index contributed by atoms with van der Waals surface area (Å²) in [5, 5.41) is 13.5. The van der Waals surface area contributed by atoms with Gasteiger partial charge in [0.15, 0.2) is 0 Å². The summed E-state index contributed by atoms with van der Waals surface area (Å²) in [5.41, 5.74) is 1.25. The number of hydrogen-bond donors (Lipinski definition) is 2. The fourth-order valence-corrected chi connectivity index (χ4v) is 2.52. The van der Waals surface area contributed by atoms with Gasteiger partial charge in [0.1, 0.15) is 0 Å². The first-order valence-electron chi connectivity index (χ1n) is 5.77. The van der Waals surface area contributed by atoms with E-state index in [1.54, 1.807) is 0 Å². The van der Waals surface area contributed by atoms with Crippen molar-refractivity contribution < 1.29 is 5.11 Å². The van der Waals surface area contributed by atoms with Crippen molar-refractivity contribution in [1.82, 2.24) is 5.32 Å². The number of nitrogens with one attached hydrogen (secondary N) is 1. The molecule has 1 aromatic rings. The molecule has 3 heteroatoms. The van der Waals surface area contributed by atoms with Gasteiger partial charge in [0.05, 0.1) is 6.10 Å². The van der Waals surface area contributed by atoms with Gasteiger partial charge in [0.25, 0.3) is 0 Å². The SMILES string of the molecule is C[C@H]1[C@H](C)N[C@H](c2ccc(Br)cc2)C[C@@H]1O. The van der Waals surface area contributed by atoms with E-state index in [0.29, 0.717) is 12.0 Å². The lowest BCUT2D eigenvalue weighted by Gasteiger charge is -2.37. The molecule has 0 amide bonds. The quantitative estimate of drug-likeness (QED) is 0.831. The summed E-state index contributed by atoms with van der Waals surface area (Å²) >= 11 is 3.43. The van der Waals surface area contributed by atoms with Gasteiger partial charge >= 0.3 is 0 Å². The Morgan fingerprint density at radius 1 is 1.25 bits per heavy atom. The zero-order chi connectivity index (χ0) is 11.7. The van der Waals surface area contributed by atoms with Crippen LogP contribution in [0.3, 0.4) is 0 Å². The molecule has 2 N–H and O–H groups in total. The van der Waals surface area contributed by atoms with Gasteiger partial charge < -0.3 is 10.4 Å². The van der Waals surface area contributed by atoms with Gasteiger partial charge in [0.2, 0.25) is 0 Å². The van der Waals surface area contributed by atoms with E-state index >= 15 is 0 Å². The zero-order valence-electron chi connectivity index (χ0n) is 9.65. The molecule has 0 aliphatic carbocycles. The number of hydrogen-bond acceptors (Lipinski definition) is 2. The lowest BCUT2D eigenvalue weighted by atomic mass is 9.85. The van der Waals surface area contributed by atoms with Crippen molar-refractivity contribution in [3.05, 3.63) is 34.3 Å². The molecule has 0 saturated carbocycles. The number of benzene rings is 1. The monoisotopic (exact) mass is 283 g/mol.